The van der Waals surface area contributed by atoms with Gasteiger partial charge in [0.05, 0.1) is 13.2 Å². The van der Waals surface area contributed by atoms with Crippen molar-refractivity contribution < 1.29 is 102 Å². The molecule has 1 aliphatic heterocycles. The van der Waals surface area contributed by atoms with E-state index in [1.54, 1.807) is 0 Å². The molecule has 3 atom stereocenters. The molecule has 9 nitrogen and oxygen atoms in total. The third-order valence-electron chi connectivity index (χ3n) is 5.82. The number of hydrogen-bond donors (Lipinski definition) is 2. The minimum atomic E-state index is -4.93. The van der Waals surface area contributed by atoms with Gasteiger partial charge in [-0.3, -0.25) is 4.57 Å². The molecule has 0 saturated heterocycles. The molecule has 1 aliphatic rings. The summed E-state index contributed by atoms with van der Waals surface area (Å²) in [5.74, 6) is -2.72. The van der Waals surface area contributed by atoms with Crippen molar-refractivity contribution in [3.8, 4) is 0 Å². The second kappa shape index (κ2) is 22.7. The summed E-state index contributed by atoms with van der Waals surface area (Å²) in [5, 5.41) is 30.2. The van der Waals surface area contributed by atoms with Crippen LogP contribution in [0.4, 0.5) is 0 Å². The van der Waals surface area contributed by atoms with Gasteiger partial charge in [-0.15, -0.1) is 0 Å². The number of hydrogen-bond acceptors (Lipinski definition) is 9. The average molecular weight is 553 g/mol. The topological polar surface area (TPSA) is 148 Å². The van der Waals surface area contributed by atoms with Crippen LogP contribution < -0.4 is 69.1 Å². The van der Waals surface area contributed by atoms with E-state index < -0.39 is 44.1 Å². The predicted molar refractivity (Wildman–Crippen MR) is 124 cm³/mol. The number of phosphoric ester groups is 1. The first kappa shape index (κ1) is 39.0. The molecule has 1 unspecified atom stereocenters. The summed E-state index contributed by atoms with van der Waals surface area (Å²) in [7, 11) is -4.93. The van der Waals surface area contributed by atoms with E-state index in [-0.39, 0.29) is 65.7 Å². The number of ether oxygens (including phenoxy) is 1. The Morgan fingerprint density at radius 3 is 1.81 bits per heavy atom. The molecule has 0 radical (unpaired) electrons. The fraction of sp³-hybridized carbons (Fsp3) is 0.875. The normalized spacial score (nSPS) is 17.8. The summed E-state index contributed by atoms with van der Waals surface area (Å²) in [4.78, 5) is 23.5. The number of carbonyl (C=O) groups excluding carboxylic acids is 1. The summed E-state index contributed by atoms with van der Waals surface area (Å²) < 4.78 is 25.6. The van der Waals surface area contributed by atoms with E-state index in [1.807, 2.05) is 0 Å². The van der Waals surface area contributed by atoms with Crippen molar-refractivity contribution in [1.82, 2.24) is 0 Å². The quantitative estimate of drug-likeness (QED) is 0.0680. The molecule has 2 N–H and O–H groups in total. The number of rotatable bonds is 21. The van der Waals surface area contributed by atoms with Crippen LogP contribution in [0.15, 0.2) is 11.5 Å². The van der Waals surface area contributed by atoms with Gasteiger partial charge in [-0.25, -0.2) is 4.79 Å². The van der Waals surface area contributed by atoms with Gasteiger partial charge in [0, 0.05) is 0 Å². The zero-order chi connectivity index (χ0) is 25.4. The van der Waals surface area contributed by atoms with E-state index >= 15 is 0 Å². The Morgan fingerprint density at radius 1 is 0.917 bits per heavy atom. The number of esters is 1. The Balaban J connectivity index is 0. The zero-order valence-corrected chi connectivity index (χ0v) is 27.6. The first-order valence-electron chi connectivity index (χ1n) is 12.7. The molecule has 0 spiro atoms. The Kier molecular flexibility index (Phi) is 24.6. The predicted octanol–water partition coefficient (Wildman–Crippen LogP) is -2.54. The summed E-state index contributed by atoms with van der Waals surface area (Å²) in [6.07, 6.45) is 13.0. The Labute approximate surface area is 260 Å². The number of unbranched alkanes of at least 4 members (excludes halogenated alkanes) is 12. The van der Waals surface area contributed by atoms with Crippen LogP contribution >= 0.6 is 7.82 Å². The van der Waals surface area contributed by atoms with Gasteiger partial charge >= 0.3 is 72.9 Å². The molecule has 0 aliphatic carbocycles. The standard InChI is InChI=1S/C24H45O9P.2Na/c1-19(2)16-14-12-10-8-6-4-3-5-7-9-11-13-15-17-31-34(29,30)33-23-21(27)22(20(26)18-25)32-24(23)28;;/h19-20,22,25-27H,3-18H2,1-2H3,(H,29,30);;/q;2*+1/p-2/t20-,22+;;/m0../s1. The van der Waals surface area contributed by atoms with Crippen LogP contribution in [0.5, 0.6) is 0 Å². The molecule has 36 heavy (non-hydrogen) atoms. The number of aliphatic hydroxyl groups excluding tert-OH is 2. The molecule has 0 amide bonds. The Hall–Kier alpha value is 0.880. The molecule has 0 bridgehead atoms. The van der Waals surface area contributed by atoms with Crippen LogP contribution in [-0.4, -0.2) is 41.6 Å². The second-order valence-corrected chi connectivity index (χ2v) is 10.8. The van der Waals surface area contributed by atoms with Crippen LogP contribution in [0.2, 0.25) is 0 Å². The van der Waals surface area contributed by atoms with Crippen molar-refractivity contribution >= 4 is 13.8 Å². The molecular weight excluding hydrogens is 509 g/mol. The minimum absolute atomic E-state index is 0. The molecular formula is C24H43Na2O9P. The van der Waals surface area contributed by atoms with E-state index in [2.05, 4.69) is 23.1 Å². The maximum Gasteiger partial charge on any atom is 1.00 e. The molecule has 1 rings (SSSR count). The van der Waals surface area contributed by atoms with Crippen molar-refractivity contribution in [1.29, 1.82) is 0 Å². The molecule has 0 aromatic carbocycles. The third kappa shape index (κ3) is 17.5. The smallest absolute Gasteiger partial charge is 0.870 e. The molecule has 0 saturated carbocycles. The van der Waals surface area contributed by atoms with E-state index in [4.69, 9.17) is 9.63 Å². The second-order valence-electron chi connectivity index (χ2n) is 9.42. The number of aliphatic hydroxyl groups is 2. The largest absolute Gasteiger partial charge is 1.00 e. The fourth-order valence-corrected chi connectivity index (χ4v) is 4.59. The van der Waals surface area contributed by atoms with Crippen LogP contribution in [0.1, 0.15) is 104 Å². The minimum Gasteiger partial charge on any atom is -0.870 e. The molecule has 0 aromatic heterocycles. The van der Waals surface area contributed by atoms with Gasteiger partial charge in [0.15, 0.2) is 0 Å². The maximum absolute atomic E-state index is 11.9. The van der Waals surface area contributed by atoms with Gasteiger partial charge in [-0.2, -0.15) is 0 Å². The van der Waals surface area contributed by atoms with E-state index in [1.165, 1.54) is 64.2 Å². The van der Waals surface area contributed by atoms with Gasteiger partial charge in [-0.05, 0) is 18.1 Å². The number of carbonyl (C=O) groups is 1. The van der Waals surface area contributed by atoms with Crippen LogP contribution in [-0.2, 0) is 23.1 Å². The molecule has 0 aromatic rings. The first-order valence-corrected chi connectivity index (χ1v) is 14.2. The molecule has 12 heteroatoms. The molecule has 200 valence electrons. The van der Waals surface area contributed by atoms with Gasteiger partial charge in [0.2, 0.25) is 5.76 Å². The SMILES string of the molecule is CC(C)CCCCCCCCCCCCCCCOP(=O)([O-])OC1=C([O-])[C@@H]([C@@H](O)CO)OC1=O.[Na+].[Na+]. The molecule has 1 heterocycles. The van der Waals surface area contributed by atoms with Crippen LogP contribution in [0, 0.1) is 5.92 Å². The van der Waals surface area contributed by atoms with Gasteiger partial charge in [-0.1, -0.05) is 97.3 Å². The Morgan fingerprint density at radius 2 is 1.36 bits per heavy atom. The van der Waals surface area contributed by atoms with Crippen molar-refractivity contribution in [3.63, 3.8) is 0 Å². The van der Waals surface area contributed by atoms with Crippen LogP contribution in [0.3, 0.4) is 0 Å². The molecule has 0 fully saturated rings. The maximum atomic E-state index is 11.9. The summed E-state index contributed by atoms with van der Waals surface area (Å²) in [5.41, 5.74) is 0. The van der Waals surface area contributed by atoms with E-state index in [9.17, 15) is 24.5 Å². The monoisotopic (exact) mass is 552 g/mol. The van der Waals surface area contributed by atoms with Gasteiger partial charge in [0.1, 0.15) is 12.2 Å². The summed E-state index contributed by atoms with van der Waals surface area (Å²) in [6, 6.07) is 0. The Bertz CT molecular complexity index is 661. The van der Waals surface area contributed by atoms with Crippen molar-refractivity contribution in [2.24, 2.45) is 5.92 Å². The van der Waals surface area contributed by atoms with E-state index in [0.29, 0.717) is 6.42 Å². The first-order chi connectivity index (χ1) is 16.2. The van der Waals surface area contributed by atoms with Crippen molar-refractivity contribution in [2.75, 3.05) is 13.2 Å². The zero-order valence-electron chi connectivity index (χ0n) is 22.7. The van der Waals surface area contributed by atoms with Gasteiger partial charge < -0.3 is 34.0 Å². The van der Waals surface area contributed by atoms with Crippen molar-refractivity contribution in [2.45, 2.75) is 116 Å². The van der Waals surface area contributed by atoms with Crippen molar-refractivity contribution in [3.05, 3.63) is 11.5 Å². The summed E-state index contributed by atoms with van der Waals surface area (Å²) >= 11 is 0. The van der Waals surface area contributed by atoms with E-state index in [0.717, 1.165) is 25.2 Å². The number of phosphoric acid groups is 1. The average Bonchev–Trinajstić information content (AvgIpc) is 3.05. The fourth-order valence-electron chi connectivity index (χ4n) is 3.80. The third-order valence-corrected chi connectivity index (χ3v) is 6.72. The van der Waals surface area contributed by atoms with Gasteiger partial charge in [0.25, 0.3) is 0 Å². The summed E-state index contributed by atoms with van der Waals surface area (Å²) in [6.45, 7) is 3.61. The number of cyclic esters (lactones) is 1. The van der Waals surface area contributed by atoms with Crippen LogP contribution in [0.25, 0.3) is 0 Å².